The standard InChI is InChI=1S/C35H41F2N5O5S/c1-35(2,3)24-18-27(31(46-5)28(19-24)39-48(6,44)45)38-33-32(47-33)29-17-21-8-7-9-23(30(21)40(29)4)20-41-12-14-42(15-13-41)34(43)22-10-11-25(36)26(37)16-22/h7-11,16-19,32-33,38-39H,12-15,20H2,1-6H3. The highest BCUT2D eigenvalue weighted by Gasteiger charge is 2.43. The van der Waals surface area contributed by atoms with Gasteiger partial charge in [0, 0.05) is 50.7 Å². The molecule has 2 aliphatic rings. The Hall–Kier alpha value is -4.20. The van der Waals surface area contributed by atoms with E-state index in [1.54, 1.807) is 11.0 Å². The molecule has 2 N–H and O–H groups in total. The quantitative estimate of drug-likeness (QED) is 0.222. The van der Waals surface area contributed by atoms with Crippen LogP contribution in [0.4, 0.5) is 20.2 Å². The number of aromatic nitrogens is 1. The minimum absolute atomic E-state index is 0.143. The maximum absolute atomic E-state index is 13.7. The summed E-state index contributed by atoms with van der Waals surface area (Å²) in [5.41, 5.74) is 5.04. The molecule has 3 aromatic carbocycles. The molecular formula is C35H41F2N5O5S. The zero-order valence-corrected chi connectivity index (χ0v) is 28.7. The number of nitrogens with one attached hydrogen (secondary N) is 2. The van der Waals surface area contributed by atoms with Crippen LogP contribution >= 0.6 is 0 Å². The fraction of sp³-hybridized carbons (Fsp3) is 0.400. The molecule has 0 aliphatic carbocycles. The van der Waals surface area contributed by atoms with Crippen molar-refractivity contribution in [3.05, 3.63) is 88.6 Å². The van der Waals surface area contributed by atoms with Crippen LogP contribution in [0.2, 0.25) is 0 Å². The molecule has 2 saturated heterocycles. The van der Waals surface area contributed by atoms with Gasteiger partial charge in [-0.25, -0.2) is 17.2 Å². The van der Waals surface area contributed by atoms with E-state index in [1.807, 2.05) is 19.2 Å². The summed E-state index contributed by atoms with van der Waals surface area (Å²) < 4.78 is 67.9. The van der Waals surface area contributed by atoms with Gasteiger partial charge in [-0.15, -0.1) is 0 Å². The SMILES string of the molecule is COc1c(NC2OC2c2cc3cccc(CN4CCN(C(=O)c5ccc(F)c(F)c5)CC4)c3n2C)cc(C(C)(C)C)cc1NS(C)(=O)=O. The molecule has 0 radical (unpaired) electrons. The van der Waals surface area contributed by atoms with Gasteiger partial charge >= 0.3 is 0 Å². The van der Waals surface area contributed by atoms with E-state index in [2.05, 4.69) is 58.5 Å². The Morgan fingerprint density at radius 1 is 1.00 bits per heavy atom. The number of benzene rings is 3. The van der Waals surface area contributed by atoms with Crippen molar-refractivity contribution in [1.82, 2.24) is 14.4 Å². The predicted molar refractivity (Wildman–Crippen MR) is 182 cm³/mol. The minimum atomic E-state index is -3.55. The number of nitrogens with zero attached hydrogens (tertiary/aromatic N) is 3. The van der Waals surface area contributed by atoms with Crippen molar-refractivity contribution in [2.24, 2.45) is 7.05 Å². The molecule has 6 rings (SSSR count). The fourth-order valence-corrected chi connectivity index (χ4v) is 6.90. The number of piperazine rings is 1. The molecule has 48 heavy (non-hydrogen) atoms. The van der Waals surface area contributed by atoms with E-state index in [0.29, 0.717) is 49.8 Å². The van der Waals surface area contributed by atoms with E-state index in [9.17, 15) is 22.0 Å². The van der Waals surface area contributed by atoms with Crippen molar-refractivity contribution >= 4 is 38.2 Å². The Morgan fingerprint density at radius 2 is 1.71 bits per heavy atom. The Labute approximate surface area is 279 Å². The number of sulfonamides is 1. The number of anilines is 2. The summed E-state index contributed by atoms with van der Waals surface area (Å²) in [5, 5.41) is 4.51. The second-order valence-electron chi connectivity index (χ2n) is 13.5. The summed E-state index contributed by atoms with van der Waals surface area (Å²) in [4.78, 5) is 16.9. The number of methoxy groups -OCH3 is 1. The molecule has 0 spiro atoms. The van der Waals surface area contributed by atoms with E-state index < -0.39 is 21.7 Å². The van der Waals surface area contributed by atoms with Gasteiger partial charge in [-0.3, -0.25) is 14.4 Å². The van der Waals surface area contributed by atoms with Crippen molar-refractivity contribution in [2.75, 3.05) is 49.6 Å². The second kappa shape index (κ2) is 12.7. The molecule has 1 aromatic heterocycles. The maximum Gasteiger partial charge on any atom is 0.254 e. The van der Waals surface area contributed by atoms with E-state index in [-0.39, 0.29) is 29.2 Å². The van der Waals surface area contributed by atoms with E-state index in [1.165, 1.54) is 13.2 Å². The lowest BCUT2D eigenvalue weighted by Gasteiger charge is -2.35. The molecule has 0 saturated carbocycles. The average Bonchev–Trinajstić information content (AvgIpc) is 3.69. The molecule has 2 unspecified atom stereocenters. The number of aryl methyl sites for hydroxylation is 1. The monoisotopic (exact) mass is 681 g/mol. The predicted octanol–water partition coefficient (Wildman–Crippen LogP) is 5.60. The number of fused-ring (bicyclic) bond motifs is 1. The number of para-hydroxylation sites is 1. The topological polar surface area (TPSA) is 108 Å². The summed E-state index contributed by atoms with van der Waals surface area (Å²) in [5.74, 6) is -1.92. The van der Waals surface area contributed by atoms with Crippen LogP contribution in [0.15, 0.2) is 54.6 Å². The molecular weight excluding hydrogens is 640 g/mol. The lowest BCUT2D eigenvalue weighted by Crippen LogP contribution is -2.48. The molecule has 4 aromatic rings. The molecule has 2 aliphatic heterocycles. The van der Waals surface area contributed by atoms with Gasteiger partial charge in [0.25, 0.3) is 5.91 Å². The van der Waals surface area contributed by atoms with Gasteiger partial charge in [0.2, 0.25) is 10.0 Å². The van der Waals surface area contributed by atoms with Crippen LogP contribution in [-0.2, 0) is 33.8 Å². The first kappa shape index (κ1) is 33.7. The lowest BCUT2D eigenvalue weighted by molar-refractivity contribution is 0.0628. The number of hydrogen-bond acceptors (Lipinski definition) is 7. The van der Waals surface area contributed by atoms with Gasteiger partial charge in [-0.1, -0.05) is 39.0 Å². The van der Waals surface area contributed by atoms with Crippen molar-refractivity contribution in [3.63, 3.8) is 0 Å². The summed E-state index contributed by atoms with van der Waals surface area (Å²) in [7, 11) is -0.0218. The minimum Gasteiger partial charge on any atom is -0.492 e. The fourth-order valence-electron chi connectivity index (χ4n) is 6.35. The van der Waals surface area contributed by atoms with Crippen molar-refractivity contribution in [1.29, 1.82) is 0 Å². The first-order chi connectivity index (χ1) is 22.6. The Morgan fingerprint density at radius 3 is 2.35 bits per heavy atom. The molecule has 3 heterocycles. The number of ether oxygens (including phenoxy) is 2. The smallest absolute Gasteiger partial charge is 0.254 e. The Bertz CT molecular complexity index is 1980. The molecule has 0 bridgehead atoms. The molecule has 2 fully saturated rings. The molecule has 256 valence electrons. The van der Waals surface area contributed by atoms with E-state index in [4.69, 9.17) is 9.47 Å². The van der Waals surface area contributed by atoms with Crippen LogP contribution in [0.3, 0.4) is 0 Å². The van der Waals surface area contributed by atoms with Crippen LogP contribution in [0, 0.1) is 11.6 Å². The normalized spacial score (nSPS) is 18.6. The van der Waals surface area contributed by atoms with E-state index >= 15 is 0 Å². The highest BCUT2D eigenvalue weighted by molar-refractivity contribution is 7.92. The van der Waals surface area contributed by atoms with Gasteiger partial charge < -0.3 is 24.3 Å². The third kappa shape index (κ3) is 6.99. The largest absolute Gasteiger partial charge is 0.492 e. The van der Waals surface area contributed by atoms with Crippen LogP contribution < -0.4 is 14.8 Å². The number of rotatable bonds is 9. The van der Waals surface area contributed by atoms with Gasteiger partial charge in [0.1, 0.15) is 6.10 Å². The second-order valence-corrected chi connectivity index (χ2v) is 15.3. The number of epoxide rings is 1. The number of carbonyl (C=O) groups excluding carboxylic acids is 1. The Balaban J connectivity index is 1.17. The van der Waals surface area contributed by atoms with Gasteiger partial charge in [-0.2, -0.15) is 0 Å². The maximum atomic E-state index is 13.7. The van der Waals surface area contributed by atoms with Crippen molar-refractivity contribution in [3.8, 4) is 5.75 Å². The van der Waals surface area contributed by atoms with Gasteiger partial charge in [-0.05, 0) is 52.9 Å². The summed E-state index contributed by atoms with van der Waals surface area (Å²) in [6.07, 6.45) is 0.514. The average molecular weight is 682 g/mol. The number of carbonyl (C=O) groups is 1. The zero-order valence-electron chi connectivity index (χ0n) is 27.9. The Kier molecular flexibility index (Phi) is 8.90. The van der Waals surface area contributed by atoms with Crippen LogP contribution in [-0.4, -0.2) is 74.5 Å². The lowest BCUT2D eigenvalue weighted by atomic mass is 9.86. The highest BCUT2D eigenvalue weighted by atomic mass is 32.2. The molecule has 13 heteroatoms. The zero-order chi connectivity index (χ0) is 34.5. The van der Waals surface area contributed by atoms with Crippen LogP contribution in [0.5, 0.6) is 5.75 Å². The van der Waals surface area contributed by atoms with Crippen molar-refractivity contribution in [2.45, 2.75) is 45.1 Å². The van der Waals surface area contributed by atoms with Gasteiger partial charge in [0.05, 0.1) is 36.0 Å². The number of halogens is 2. The van der Waals surface area contributed by atoms with Crippen LogP contribution in [0.25, 0.3) is 10.9 Å². The van der Waals surface area contributed by atoms with Crippen LogP contribution in [0.1, 0.15) is 54.1 Å². The molecule has 1 amide bonds. The first-order valence-corrected chi connectivity index (χ1v) is 17.7. The molecule has 2 atom stereocenters. The van der Waals surface area contributed by atoms with E-state index in [0.717, 1.165) is 46.1 Å². The van der Waals surface area contributed by atoms with Crippen molar-refractivity contribution < 1.29 is 31.5 Å². The third-order valence-electron chi connectivity index (χ3n) is 8.93. The third-order valence-corrected chi connectivity index (χ3v) is 9.52. The highest BCUT2D eigenvalue weighted by Crippen LogP contribution is 2.45. The number of hydrogen-bond donors (Lipinski definition) is 2. The first-order valence-electron chi connectivity index (χ1n) is 15.8. The van der Waals surface area contributed by atoms with Gasteiger partial charge in [0.15, 0.2) is 23.6 Å². The number of amides is 1. The molecule has 10 nitrogen and oxygen atoms in total. The summed E-state index contributed by atoms with van der Waals surface area (Å²) >= 11 is 0. The summed E-state index contributed by atoms with van der Waals surface area (Å²) in [6.45, 7) is 9.11. The summed E-state index contributed by atoms with van der Waals surface area (Å²) in [6, 6.07) is 15.4.